The van der Waals surface area contributed by atoms with E-state index < -0.39 is 0 Å². The molecule has 1 N–H and O–H groups in total. The van der Waals surface area contributed by atoms with Crippen LogP contribution in [0.5, 0.6) is 0 Å². The zero-order chi connectivity index (χ0) is 12.7. The fourth-order valence-corrected chi connectivity index (χ4v) is 2.19. The Kier molecular flexibility index (Phi) is 6.52. The summed E-state index contributed by atoms with van der Waals surface area (Å²) in [5.41, 5.74) is 0. The van der Waals surface area contributed by atoms with Crippen LogP contribution in [0.2, 0.25) is 0 Å². The number of carbonyl (C=O) groups is 1. The van der Waals surface area contributed by atoms with Crippen LogP contribution in [0.3, 0.4) is 0 Å². The summed E-state index contributed by atoms with van der Waals surface area (Å²) in [5.74, 6) is 0.179. The van der Waals surface area contributed by atoms with E-state index in [4.69, 9.17) is 0 Å². The third kappa shape index (κ3) is 5.04. The molecule has 1 unspecified atom stereocenters. The maximum atomic E-state index is 11.6. The molecule has 1 saturated heterocycles. The topological polar surface area (TPSA) is 35.6 Å². The van der Waals surface area contributed by atoms with Gasteiger partial charge in [-0.1, -0.05) is 6.42 Å². The summed E-state index contributed by atoms with van der Waals surface area (Å²) in [4.78, 5) is 15.8. The van der Waals surface area contributed by atoms with Crippen LogP contribution in [0.1, 0.15) is 33.1 Å². The maximum Gasteiger partial charge on any atom is 0.236 e. The summed E-state index contributed by atoms with van der Waals surface area (Å²) in [6.07, 6.45) is 4.01. The standard InChI is InChI=1S/C13H27N3O/c1-4-15(3)13(17)11-14-10-12(2)16-8-6-5-7-9-16/h12,14H,4-11H2,1-3H3. The Morgan fingerprint density at radius 3 is 2.59 bits per heavy atom. The lowest BCUT2D eigenvalue weighted by atomic mass is 10.1. The summed E-state index contributed by atoms with van der Waals surface area (Å²) in [7, 11) is 1.85. The normalized spacial score (nSPS) is 19.0. The molecule has 1 heterocycles. The van der Waals surface area contributed by atoms with E-state index in [1.807, 2.05) is 14.0 Å². The highest BCUT2D eigenvalue weighted by molar-refractivity contribution is 5.77. The molecule has 1 rings (SSSR count). The molecule has 4 heteroatoms. The van der Waals surface area contributed by atoms with Crippen LogP contribution in [0.15, 0.2) is 0 Å². The highest BCUT2D eigenvalue weighted by Crippen LogP contribution is 2.11. The van der Waals surface area contributed by atoms with Gasteiger partial charge in [0, 0.05) is 26.2 Å². The van der Waals surface area contributed by atoms with E-state index >= 15 is 0 Å². The SMILES string of the molecule is CCN(C)C(=O)CNCC(C)N1CCCCC1. The van der Waals surface area contributed by atoms with E-state index in [1.165, 1.54) is 32.4 Å². The van der Waals surface area contributed by atoms with Gasteiger partial charge in [0.1, 0.15) is 0 Å². The Labute approximate surface area is 105 Å². The van der Waals surface area contributed by atoms with E-state index in [-0.39, 0.29) is 5.91 Å². The lowest BCUT2D eigenvalue weighted by molar-refractivity contribution is -0.128. The molecule has 0 radical (unpaired) electrons. The number of rotatable bonds is 6. The molecule has 17 heavy (non-hydrogen) atoms. The predicted molar refractivity (Wildman–Crippen MR) is 71.1 cm³/mol. The minimum absolute atomic E-state index is 0.179. The summed E-state index contributed by atoms with van der Waals surface area (Å²) >= 11 is 0. The Morgan fingerprint density at radius 2 is 2.00 bits per heavy atom. The van der Waals surface area contributed by atoms with Crippen LogP contribution in [-0.2, 0) is 4.79 Å². The van der Waals surface area contributed by atoms with Gasteiger partial charge in [-0.05, 0) is 39.8 Å². The fourth-order valence-electron chi connectivity index (χ4n) is 2.19. The Bertz CT molecular complexity index is 227. The average Bonchev–Trinajstić information content (AvgIpc) is 2.38. The van der Waals surface area contributed by atoms with E-state index in [2.05, 4.69) is 17.1 Å². The van der Waals surface area contributed by atoms with E-state index in [1.54, 1.807) is 4.90 Å². The Balaban J connectivity index is 2.14. The summed E-state index contributed by atoms with van der Waals surface area (Å²) < 4.78 is 0. The molecule has 0 aliphatic carbocycles. The zero-order valence-corrected chi connectivity index (χ0v) is 11.5. The fraction of sp³-hybridized carbons (Fsp3) is 0.923. The average molecular weight is 241 g/mol. The van der Waals surface area contributed by atoms with E-state index in [0.29, 0.717) is 12.6 Å². The lowest BCUT2D eigenvalue weighted by Gasteiger charge is -2.32. The van der Waals surface area contributed by atoms with Gasteiger partial charge in [0.2, 0.25) is 5.91 Å². The smallest absolute Gasteiger partial charge is 0.236 e. The number of hydrogen-bond donors (Lipinski definition) is 1. The highest BCUT2D eigenvalue weighted by Gasteiger charge is 2.16. The maximum absolute atomic E-state index is 11.6. The second-order valence-electron chi connectivity index (χ2n) is 4.98. The van der Waals surface area contributed by atoms with Crippen LogP contribution in [-0.4, -0.2) is 61.5 Å². The van der Waals surface area contributed by atoms with Gasteiger partial charge in [0.15, 0.2) is 0 Å². The highest BCUT2D eigenvalue weighted by atomic mass is 16.2. The zero-order valence-electron chi connectivity index (χ0n) is 11.5. The molecule has 1 aliphatic heterocycles. The van der Waals surface area contributed by atoms with Crippen molar-refractivity contribution in [2.45, 2.75) is 39.2 Å². The first kappa shape index (κ1) is 14.5. The summed E-state index contributed by atoms with van der Waals surface area (Å²) in [6.45, 7) is 8.81. The van der Waals surface area contributed by atoms with Gasteiger partial charge in [0.25, 0.3) is 0 Å². The van der Waals surface area contributed by atoms with Gasteiger partial charge in [-0.15, -0.1) is 0 Å². The molecule has 0 aromatic carbocycles. The van der Waals surface area contributed by atoms with E-state index in [0.717, 1.165) is 13.1 Å². The number of likely N-dealkylation sites (tertiary alicyclic amines) is 1. The van der Waals surface area contributed by atoms with Crippen LogP contribution in [0, 0.1) is 0 Å². The Morgan fingerprint density at radius 1 is 1.35 bits per heavy atom. The van der Waals surface area contributed by atoms with Crippen molar-refractivity contribution in [1.82, 2.24) is 15.1 Å². The number of hydrogen-bond acceptors (Lipinski definition) is 3. The number of likely N-dealkylation sites (N-methyl/N-ethyl adjacent to an activating group) is 1. The molecular weight excluding hydrogens is 214 g/mol. The first-order valence-electron chi connectivity index (χ1n) is 6.84. The van der Waals surface area contributed by atoms with Crippen LogP contribution >= 0.6 is 0 Å². The molecule has 0 spiro atoms. The van der Waals surface area contributed by atoms with Gasteiger partial charge in [-0.3, -0.25) is 9.69 Å². The largest absolute Gasteiger partial charge is 0.345 e. The van der Waals surface area contributed by atoms with Crippen molar-refractivity contribution in [3.8, 4) is 0 Å². The lowest BCUT2D eigenvalue weighted by Crippen LogP contribution is -2.45. The number of nitrogens with zero attached hydrogens (tertiary/aromatic N) is 2. The molecule has 4 nitrogen and oxygen atoms in total. The van der Waals surface area contributed by atoms with Crippen molar-refractivity contribution >= 4 is 5.91 Å². The van der Waals surface area contributed by atoms with Gasteiger partial charge in [0.05, 0.1) is 6.54 Å². The van der Waals surface area contributed by atoms with Crippen molar-refractivity contribution in [2.24, 2.45) is 0 Å². The first-order chi connectivity index (χ1) is 8.15. The molecule has 1 atom stereocenters. The molecule has 100 valence electrons. The minimum atomic E-state index is 0.179. The van der Waals surface area contributed by atoms with Crippen LogP contribution < -0.4 is 5.32 Å². The predicted octanol–water partition coefficient (Wildman–Crippen LogP) is 0.929. The molecule has 1 fully saturated rings. The van der Waals surface area contributed by atoms with Gasteiger partial charge >= 0.3 is 0 Å². The number of nitrogens with one attached hydrogen (secondary N) is 1. The second kappa shape index (κ2) is 7.67. The van der Waals surface area contributed by atoms with Crippen molar-refractivity contribution in [3.05, 3.63) is 0 Å². The molecular formula is C13H27N3O. The Hall–Kier alpha value is -0.610. The van der Waals surface area contributed by atoms with Crippen molar-refractivity contribution in [1.29, 1.82) is 0 Å². The monoisotopic (exact) mass is 241 g/mol. The van der Waals surface area contributed by atoms with Crippen LogP contribution in [0.4, 0.5) is 0 Å². The summed E-state index contributed by atoms with van der Waals surface area (Å²) in [5, 5.41) is 3.26. The van der Waals surface area contributed by atoms with Gasteiger partial charge in [-0.25, -0.2) is 0 Å². The third-order valence-electron chi connectivity index (χ3n) is 3.63. The van der Waals surface area contributed by atoms with Crippen molar-refractivity contribution < 1.29 is 4.79 Å². The molecule has 0 aromatic rings. The molecule has 1 amide bonds. The van der Waals surface area contributed by atoms with Crippen LogP contribution in [0.25, 0.3) is 0 Å². The summed E-state index contributed by atoms with van der Waals surface area (Å²) in [6, 6.07) is 0.537. The molecule has 0 bridgehead atoms. The van der Waals surface area contributed by atoms with Crippen molar-refractivity contribution in [3.63, 3.8) is 0 Å². The first-order valence-corrected chi connectivity index (χ1v) is 6.84. The number of amides is 1. The van der Waals surface area contributed by atoms with Gasteiger partial charge in [-0.2, -0.15) is 0 Å². The second-order valence-corrected chi connectivity index (χ2v) is 4.98. The molecule has 0 aromatic heterocycles. The third-order valence-corrected chi connectivity index (χ3v) is 3.63. The van der Waals surface area contributed by atoms with Crippen molar-refractivity contribution in [2.75, 3.05) is 39.8 Å². The van der Waals surface area contributed by atoms with Gasteiger partial charge < -0.3 is 10.2 Å². The number of piperidine rings is 1. The molecule has 0 saturated carbocycles. The number of carbonyl (C=O) groups excluding carboxylic acids is 1. The minimum Gasteiger partial charge on any atom is -0.345 e. The quantitative estimate of drug-likeness (QED) is 0.751. The molecule has 1 aliphatic rings. The van der Waals surface area contributed by atoms with E-state index in [9.17, 15) is 4.79 Å².